The third-order valence-corrected chi connectivity index (χ3v) is 4.06. The zero-order valence-electron chi connectivity index (χ0n) is 16.0. The highest BCUT2D eigenvalue weighted by molar-refractivity contribution is 5.96. The van der Waals surface area contributed by atoms with Crippen LogP contribution in [-0.2, 0) is 16.1 Å². The molecule has 3 rings (SSSR count). The number of methoxy groups -OCH3 is 1. The number of carbonyl (C=O) groups is 2. The summed E-state index contributed by atoms with van der Waals surface area (Å²) in [5.74, 6) is 0.295. The number of esters is 1. The first-order valence-electron chi connectivity index (χ1n) is 9.02. The van der Waals surface area contributed by atoms with Crippen LogP contribution in [0.25, 0.3) is 0 Å². The number of ether oxygens (including phenoxy) is 3. The van der Waals surface area contributed by atoms with Crippen LogP contribution >= 0.6 is 0 Å². The lowest BCUT2D eigenvalue weighted by Crippen LogP contribution is -2.21. The molecule has 1 N–H and O–H groups in total. The van der Waals surface area contributed by atoms with Crippen molar-refractivity contribution in [1.29, 1.82) is 0 Å². The van der Waals surface area contributed by atoms with Gasteiger partial charge < -0.3 is 19.5 Å². The lowest BCUT2D eigenvalue weighted by atomic mass is 10.1. The topological polar surface area (TPSA) is 73.9 Å². The average molecular weight is 391 g/mol. The lowest BCUT2D eigenvalue weighted by molar-refractivity contribution is -0.119. The summed E-state index contributed by atoms with van der Waals surface area (Å²) in [7, 11) is 1.54. The fraction of sp³-hybridized carbons (Fsp3) is 0.130. The van der Waals surface area contributed by atoms with Crippen LogP contribution in [-0.4, -0.2) is 25.6 Å². The van der Waals surface area contributed by atoms with E-state index in [0.717, 1.165) is 0 Å². The Morgan fingerprint density at radius 2 is 1.59 bits per heavy atom. The summed E-state index contributed by atoms with van der Waals surface area (Å²) in [5.41, 5.74) is 1.59. The molecule has 0 aliphatic carbocycles. The van der Waals surface area contributed by atoms with Gasteiger partial charge in [0.15, 0.2) is 6.61 Å². The summed E-state index contributed by atoms with van der Waals surface area (Å²) in [6.07, 6.45) is 0. The molecule has 0 spiro atoms. The first kappa shape index (κ1) is 19.9. The Hall–Kier alpha value is -3.80. The largest absolute Gasteiger partial charge is 0.497 e. The molecule has 3 aromatic carbocycles. The minimum atomic E-state index is -0.585. The van der Waals surface area contributed by atoms with E-state index < -0.39 is 18.5 Å². The summed E-state index contributed by atoms with van der Waals surface area (Å²) in [5, 5.41) is 2.66. The van der Waals surface area contributed by atoms with Crippen LogP contribution in [0.1, 0.15) is 15.9 Å². The van der Waals surface area contributed by atoms with Gasteiger partial charge in [0.25, 0.3) is 5.91 Å². The van der Waals surface area contributed by atoms with E-state index in [4.69, 9.17) is 14.2 Å². The first-order chi connectivity index (χ1) is 14.2. The standard InChI is InChI=1S/C23H21NO5/c1-27-20-12-7-9-18(14-20)24-22(25)16-29-23(26)21-13-6-5-8-17(21)15-28-19-10-3-2-4-11-19/h2-14H,15-16H2,1H3,(H,24,25). The maximum absolute atomic E-state index is 12.5. The van der Waals surface area contributed by atoms with Crippen molar-refractivity contribution < 1.29 is 23.8 Å². The normalized spacial score (nSPS) is 10.1. The molecule has 0 saturated heterocycles. The molecule has 0 aliphatic heterocycles. The van der Waals surface area contributed by atoms with E-state index in [1.165, 1.54) is 0 Å². The van der Waals surface area contributed by atoms with E-state index in [1.54, 1.807) is 49.6 Å². The maximum Gasteiger partial charge on any atom is 0.339 e. The fourth-order valence-corrected chi connectivity index (χ4v) is 2.63. The molecule has 0 atom stereocenters. The highest BCUT2D eigenvalue weighted by atomic mass is 16.5. The Morgan fingerprint density at radius 3 is 2.38 bits per heavy atom. The van der Waals surface area contributed by atoms with Crippen molar-refractivity contribution in [3.8, 4) is 11.5 Å². The number of nitrogens with one attached hydrogen (secondary N) is 1. The third-order valence-electron chi connectivity index (χ3n) is 4.06. The van der Waals surface area contributed by atoms with E-state index in [9.17, 15) is 9.59 Å². The van der Waals surface area contributed by atoms with Gasteiger partial charge in [-0.25, -0.2) is 4.79 Å². The molecule has 0 bridgehead atoms. The average Bonchev–Trinajstić information content (AvgIpc) is 2.77. The van der Waals surface area contributed by atoms with Gasteiger partial charge in [0.2, 0.25) is 0 Å². The molecular formula is C23H21NO5. The van der Waals surface area contributed by atoms with Gasteiger partial charge in [-0.05, 0) is 30.3 Å². The van der Waals surface area contributed by atoms with Gasteiger partial charge in [-0.2, -0.15) is 0 Å². The fourth-order valence-electron chi connectivity index (χ4n) is 2.63. The Labute approximate surface area is 169 Å². The lowest BCUT2D eigenvalue weighted by Gasteiger charge is -2.11. The molecule has 0 saturated carbocycles. The number of benzene rings is 3. The van der Waals surface area contributed by atoms with Crippen molar-refractivity contribution >= 4 is 17.6 Å². The van der Waals surface area contributed by atoms with E-state index in [-0.39, 0.29) is 6.61 Å². The van der Waals surface area contributed by atoms with Crippen molar-refractivity contribution in [3.63, 3.8) is 0 Å². The van der Waals surface area contributed by atoms with Gasteiger partial charge in [-0.1, -0.05) is 42.5 Å². The molecule has 0 unspecified atom stereocenters. The predicted molar refractivity (Wildman–Crippen MR) is 109 cm³/mol. The molecule has 0 radical (unpaired) electrons. The molecule has 0 fully saturated rings. The summed E-state index contributed by atoms with van der Waals surface area (Å²) in [6, 6.07) is 23.2. The second-order valence-corrected chi connectivity index (χ2v) is 6.12. The minimum Gasteiger partial charge on any atom is -0.497 e. The summed E-state index contributed by atoms with van der Waals surface area (Å²) < 4.78 is 16.0. The van der Waals surface area contributed by atoms with Gasteiger partial charge >= 0.3 is 5.97 Å². The number of carbonyl (C=O) groups excluding carboxylic acids is 2. The van der Waals surface area contributed by atoms with E-state index in [1.807, 2.05) is 36.4 Å². The van der Waals surface area contributed by atoms with Crippen molar-refractivity contribution in [3.05, 3.63) is 90.0 Å². The second kappa shape index (κ2) is 9.94. The monoisotopic (exact) mass is 391 g/mol. The summed E-state index contributed by atoms with van der Waals surface area (Å²) in [6.45, 7) is -0.185. The highest BCUT2D eigenvalue weighted by Gasteiger charge is 2.15. The SMILES string of the molecule is COc1cccc(NC(=O)COC(=O)c2ccccc2COc2ccccc2)c1. The molecule has 29 heavy (non-hydrogen) atoms. The molecule has 0 aliphatic rings. The van der Waals surface area contributed by atoms with Crippen molar-refractivity contribution in [2.24, 2.45) is 0 Å². The van der Waals surface area contributed by atoms with Crippen molar-refractivity contribution in [1.82, 2.24) is 0 Å². The zero-order chi connectivity index (χ0) is 20.5. The van der Waals surface area contributed by atoms with Gasteiger partial charge in [0.1, 0.15) is 18.1 Å². The number of amides is 1. The molecule has 148 valence electrons. The predicted octanol–water partition coefficient (Wildman–Crippen LogP) is 4.07. The third kappa shape index (κ3) is 5.84. The number of hydrogen-bond donors (Lipinski definition) is 1. The number of para-hydroxylation sites is 1. The van der Waals surface area contributed by atoms with Gasteiger partial charge in [0.05, 0.1) is 12.7 Å². The Kier molecular flexibility index (Phi) is 6.84. The van der Waals surface area contributed by atoms with Crippen molar-refractivity contribution in [2.45, 2.75) is 6.61 Å². The first-order valence-corrected chi connectivity index (χ1v) is 9.02. The number of rotatable bonds is 8. The van der Waals surface area contributed by atoms with E-state index in [0.29, 0.717) is 28.3 Å². The van der Waals surface area contributed by atoms with Crippen molar-refractivity contribution in [2.75, 3.05) is 19.0 Å². The minimum absolute atomic E-state index is 0.214. The van der Waals surface area contributed by atoms with Crippen LogP contribution in [0, 0.1) is 0 Å². The van der Waals surface area contributed by atoms with E-state index >= 15 is 0 Å². The smallest absolute Gasteiger partial charge is 0.339 e. The highest BCUT2D eigenvalue weighted by Crippen LogP contribution is 2.17. The molecule has 0 aromatic heterocycles. The zero-order valence-corrected chi connectivity index (χ0v) is 16.0. The van der Waals surface area contributed by atoms with Gasteiger partial charge in [0, 0.05) is 17.3 Å². The van der Waals surface area contributed by atoms with Crippen LogP contribution in [0.5, 0.6) is 11.5 Å². The molecule has 1 amide bonds. The molecule has 6 heteroatoms. The van der Waals surface area contributed by atoms with E-state index in [2.05, 4.69) is 5.32 Å². The van der Waals surface area contributed by atoms with Crippen LogP contribution in [0.3, 0.4) is 0 Å². The van der Waals surface area contributed by atoms with Crippen LogP contribution in [0.4, 0.5) is 5.69 Å². The Balaban J connectivity index is 1.57. The Morgan fingerprint density at radius 1 is 0.862 bits per heavy atom. The summed E-state index contributed by atoms with van der Waals surface area (Å²) >= 11 is 0. The quantitative estimate of drug-likeness (QED) is 0.586. The molecule has 6 nitrogen and oxygen atoms in total. The molecular weight excluding hydrogens is 370 g/mol. The summed E-state index contributed by atoms with van der Waals surface area (Å²) in [4.78, 5) is 24.5. The molecule has 3 aromatic rings. The van der Waals surface area contributed by atoms with Crippen LogP contribution in [0.2, 0.25) is 0 Å². The van der Waals surface area contributed by atoms with Gasteiger partial charge in [-0.15, -0.1) is 0 Å². The van der Waals surface area contributed by atoms with Crippen LogP contribution < -0.4 is 14.8 Å². The number of anilines is 1. The Bertz CT molecular complexity index is 972. The van der Waals surface area contributed by atoms with Crippen LogP contribution in [0.15, 0.2) is 78.9 Å². The van der Waals surface area contributed by atoms with Gasteiger partial charge in [-0.3, -0.25) is 4.79 Å². The maximum atomic E-state index is 12.5. The second-order valence-electron chi connectivity index (χ2n) is 6.12. The molecule has 0 heterocycles. The number of hydrogen-bond acceptors (Lipinski definition) is 5.